The number of carbonyl (C=O) groups is 2. The highest BCUT2D eigenvalue weighted by Gasteiger charge is 2.24. The number of carbonyl (C=O) groups excluding carboxylic acids is 2. The molecule has 1 saturated heterocycles. The Balaban J connectivity index is 1.78. The molecule has 0 radical (unpaired) electrons. The lowest BCUT2D eigenvalue weighted by Crippen LogP contribution is -2.40. The van der Waals surface area contributed by atoms with Gasteiger partial charge in [0.05, 0.1) is 18.9 Å². The molecular weight excluding hydrogens is 260 g/mol. The zero-order valence-corrected chi connectivity index (χ0v) is 10.8. The summed E-state index contributed by atoms with van der Waals surface area (Å²) < 4.78 is 10.4. The third-order valence-electron chi connectivity index (χ3n) is 3.17. The summed E-state index contributed by atoms with van der Waals surface area (Å²) in [7, 11) is 0. The summed E-state index contributed by atoms with van der Waals surface area (Å²) in [5.74, 6) is -0.300. The molecule has 6 heteroatoms. The predicted octanol–water partition coefficient (Wildman–Crippen LogP) is 0.760. The second-order valence-electron chi connectivity index (χ2n) is 4.51. The number of benzene rings is 1. The second kappa shape index (κ2) is 5.34. The van der Waals surface area contributed by atoms with E-state index in [1.165, 1.54) is 6.08 Å². The van der Waals surface area contributed by atoms with Crippen LogP contribution in [-0.4, -0.2) is 43.1 Å². The lowest BCUT2D eigenvalue weighted by molar-refractivity contribution is -0.132. The number of rotatable bonds is 1. The Labute approximate surface area is 116 Å². The van der Waals surface area contributed by atoms with E-state index in [0.717, 1.165) is 0 Å². The van der Waals surface area contributed by atoms with Gasteiger partial charge in [0.2, 0.25) is 5.91 Å². The van der Waals surface area contributed by atoms with Crippen molar-refractivity contribution >= 4 is 17.6 Å². The number of anilines is 1. The van der Waals surface area contributed by atoms with E-state index >= 15 is 0 Å². The number of ether oxygens (including phenoxy) is 2. The van der Waals surface area contributed by atoms with Gasteiger partial charge in [0.15, 0.2) is 5.75 Å². The molecule has 2 aliphatic rings. The van der Waals surface area contributed by atoms with Gasteiger partial charge in [-0.2, -0.15) is 0 Å². The van der Waals surface area contributed by atoms with Crippen molar-refractivity contribution in [3.63, 3.8) is 0 Å². The summed E-state index contributed by atoms with van der Waals surface area (Å²) in [6.45, 7) is 2.12. The summed E-state index contributed by atoms with van der Waals surface area (Å²) in [5, 5.41) is 2.92. The van der Waals surface area contributed by atoms with Crippen molar-refractivity contribution in [1.29, 1.82) is 0 Å². The van der Waals surface area contributed by atoms with Crippen molar-refractivity contribution in [3.05, 3.63) is 36.0 Å². The van der Waals surface area contributed by atoms with Crippen molar-refractivity contribution in [3.8, 4) is 5.75 Å². The first-order valence-corrected chi connectivity index (χ1v) is 6.40. The first-order chi connectivity index (χ1) is 9.74. The van der Waals surface area contributed by atoms with Crippen molar-refractivity contribution < 1.29 is 19.1 Å². The van der Waals surface area contributed by atoms with Gasteiger partial charge in [-0.25, -0.2) is 4.79 Å². The maximum Gasteiger partial charge on any atom is 0.360 e. The van der Waals surface area contributed by atoms with E-state index in [2.05, 4.69) is 5.32 Å². The molecule has 20 heavy (non-hydrogen) atoms. The first-order valence-electron chi connectivity index (χ1n) is 6.40. The molecule has 0 spiro atoms. The van der Waals surface area contributed by atoms with Crippen LogP contribution < -0.4 is 10.1 Å². The third kappa shape index (κ3) is 2.50. The summed E-state index contributed by atoms with van der Waals surface area (Å²) in [6, 6.07) is 7.09. The van der Waals surface area contributed by atoms with Crippen LogP contribution >= 0.6 is 0 Å². The Bertz CT molecular complexity index is 576. The molecule has 3 rings (SSSR count). The number of para-hydroxylation sites is 2. The number of amides is 1. The number of hydrogen-bond donors (Lipinski definition) is 1. The maximum absolute atomic E-state index is 12.1. The number of nitrogens with zero attached hydrogens (tertiary/aromatic N) is 1. The summed E-state index contributed by atoms with van der Waals surface area (Å²) in [5.41, 5.74) is 0.827. The molecule has 104 valence electrons. The summed E-state index contributed by atoms with van der Waals surface area (Å²) in [4.78, 5) is 25.5. The lowest BCUT2D eigenvalue weighted by atomic mass is 10.2. The van der Waals surface area contributed by atoms with E-state index in [0.29, 0.717) is 37.7 Å². The van der Waals surface area contributed by atoms with Crippen LogP contribution in [0.5, 0.6) is 5.75 Å². The highest BCUT2D eigenvalue weighted by Crippen LogP contribution is 2.29. The smallest absolute Gasteiger partial charge is 0.360 e. The van der Waals surface area contributed by atoms with E-state index in [9.17, 15) is 9.59 Å². The number of esters is 1. The molecule has 1 amide bonds. The zero-order valence-electron chi connectivity index (χ0n) is 10.8. The Hall–Kier alpha value is -2.34. The third-order valence-corrected chi connectivity index (χ3v) is 3.17. The highest BCUT2D eigenvalue weighted by atomic mass is 16.5. The van der Waals surface area contributed by atoms with Crippen molar-refractivity contribution in [2.24, 2.45) is 0 Å². The molecule has 2 aliphatic heterocycles. The van der Waals surface area contributed by atoms with Crippen molar-refractivity contribution in [1.82, 2.24) is 4.90 Å². The minimum absolute atomic E-state index is 0.153. The molecule has 1 fully saturated rings. The van der Waals surface area contributed by atoms with Gasteiger partial charge in [0.25, 0.3) is 0 Å². The standard InChI is InChI=1S/C14H14N2O4/c17-13(16-5-7-19-8-6-16)9-11-14(18)20-12-4-2-1-3-10(12)15-11/h1-4,9,15H,5-8H2/b11-9-. The van der Waals surface area contributed by atoms with Crippen LogP contribution in [0.25, 0.3) is 0 Å². The van der Waals surface area contributed by atoms with Gasteiger partial charge in [0.1, 0.15) is 5.70 Å². The average Bonchev–Trinajstić information content (AvgIpc) is 2.49. The van der Waals surface area contributed by atoms with Crippen LogP contribution in [0.1, 0.15) is 0 Å². The predicted molar refractivity (Wildman–Crippen MR) is 71.2 cm³/mol. The van der Waals surface area contributed by atoms with Crippen molar-refractivity contribution in [2.75, 3.05) is 31.6 Å². The van der Waals surface area contributed by atoms with Crippen molar-refractivity contribution in [2.45, 2.75) is 0 Å². The zero-order chi connectivity index (χ0) is 13.9. The van der Waals surface area contributed by atoms with Crippen LogP contribution in [0.2, 0.25) is 0 Å². The van der Waals surface area contributed by atoms with Gasteiger partial charge in [-0.15, -0.1) is 0 Å². The van der Waals surface area contributed by atoms with Gasteiger partial charge in [-0.3, -0.25) is 4.79 Å². The summed E-state index contributed by atoms with van der Waals surface area (Å²) >= 11 is 0. The van der Waals surface area contributed by atoms with Gasteiger partial charge >= 0.3 is 5.97 Å². The molecule has 0 unspecified atom stereocenters. The lowest BCUT2D eigenvalue weighted by Gasteiger charge is -2.26. The van der Waals surface area contributed by atoms with E-state index in [1.54, 1.807) is 23.1 Å². The fourth-order valence-electron chi connectivity index (χ4n) is 2.10. The normalized spacial score (nSPS) is 20.1. The molecule has 0 saturated carbocycles. The fraction of sp³-hybridized carbons (Fsp3) is 0.286. The summed E-state index contributed by atoms with van der Waals surface area (Å²) in [6.07, 6.45) is 1.28. The number of fused-ring (bicyclic) bond motifs is 1. The van der Waals surface area contributed by atoms with Crippen LogP contribution in [0.4, 0.5) is 5.69 Å². The Kier molecular flexibility index (Phi) is 3.39. The molecule has 0 bridgehead atoms. The highest BCUT2D eigenvalue weighted by molar-refractivity contribution is 6.03. The monoisotopic (exact) mass is 274 g/mol. The Morgan fingerprint density at radius 2 is 2.00 bits per heavy atom. The molecule has 1 aromatic rings. The Morgan fingerprint density at radius 3 is 2.80 bits per heavy atom. The quantitative estimate of drug-likeness (QED) is 0.465. The van der Waals surface area contributed by atoms with Crippen LogP contribution in [0.15, 0.2) is 36.0 Å². The van der Waals surface area contributed by atoms with Crippen LogP contribution in [0.3, 0.4) is 0 Å². The SMILES string of the molecule is O=C1Oc2ccccc2N/C1=C\C(=O)N1CCOCC1. The minimum atomic E-state index is -0.551. The largest absolute Gasteiger partial charge is 0.420 e. The molecule has 2 heterocycles. The second-order valence-corrected chi connectivity index (χ2v) is 4.51. The number of nitrogens with one attached hydrogen (secondary N) is 1. The van der Waals surface area contributed by atoms with Crippen LogP contribution in [-0.2, 0) is 14.3 Å². The maximum atomic E-state index is 12.1. The minimum Gasteiger partial charge on any atom is -0.420 e. The molecule has 6 nitrogen and oxygen atoms in total. The number of morpholine rings is 1. The van der Waals surface area contributed by atoms with Gasteiger partial charge in [-0.1, -0.05) is 12.1 Å². The van der Waals surface area contributed by atoms with Gasteiger partial charge in [0, 0.05) is 19.2 Å². The average molecular weight is 274 g/mol. The topological polar surface area (TPSA) is 67.9 Å². The van der Waals surface area contributed by atoms with E-state index in [-0.39, 0.29) is 11.6 Å². The molecule has 1 aromatic carbocycles. The van der Waals surface area contributed by atoms with E-state index in [1.807, 2.05) is 6.07 Å². The molecule has 0 aliphatic carbocycles. The molecule has 0 atom stereocenters. The van der Waals surface area contributed by atoms with E-state index in [4.69, 9.17) is 9.47 Å². The first kappa shape index (κ1) is 12.7. The number of hydrogen-bond acceptors (Lipinski definition) is 5. The molecule has 1 N–H and O–H groups in total. The van der Waals surface area contributed by atoms with Gasteiger partial charge < -0.3 is 19.7 Å². The molecule has 0 aromatic heterocycles. The molecular formula is C14H14N2O4. The van der Waals surface area contributed by atoms with E-state index < -0.39 is 5.97 Å². The fourth-order valence-corrected chi connectivity index (χ4v) is 2.10. The van der Waals surface area contributed by atoms with Crippen LogP contribution in [0, 0.1) is 0 Å². The Morgan fingerprint density at radius 1 is 1.25 bits per heavy atom. The van der Waals surface area contributed by atoms with Gasteiger partial charge in [-0.05, 0) is 12.1 Å².